The molecule has 0 bridgehead atoms. The summed E-state index contributed by atoms with van der Waals surface area (Å²) in [4.78, 5) is 21.0. The third-order valence-corrected chi connectivity index (χ3v) is 3.34. The number of nitrogens with zero attached hydrogens (tertiary/aromatic N) is 5. The molecule has 1 N–H and O–H groups in total. The summed E-state index contributed by atoms with van der Waals surface area (Å²) in [6.07, 6.45) is 5.06. The Bertz CT molecular complexity index is 640. The number of carbonyl (C=O) groups is 1. The van der Waals surface area contributed by atoms with Crippen LogP contribution in [0.25, 0.3) is 0 Å². The Balaban J connectivity index is 1.67. The van der Waals surface area contributed by atoms with Crippen LogP contribution in [0.1, 0.15) is 19.4 Å². The van der Waals surface area contributed by atoms with E-state index in [2.05, 4.69) is 20.4 Å². The first-order valence-corrected chi connectivity index (χ1v) is 6.67. The van der Waals surface area contributed by atoms with Crippen LogP contribution in [-0.4, -0.2) is 38.7 Å². The average molecular weight is 290 g/mol. The summed E-state index contributed by atoms with van der Waals surface area (Å²) < 4.78 is 14.7. The van der Waals surface area contributed by atoms with Crippen molar-refractivity contribution < 1.29 is 9.18 Å². The summed E-state index contributed by atoms with van der Waals surface area (Å²) >= 11 is 0. The zero-order chi connectivity index (χ0) is 14.8. The Morgan fingerprint density at radius 3 is 2.90 bits per heavy atom. The third kappa shape index (κ3) is 2.99. The zero-order valence-corrected chi connectivity index (χ0v) is 11.5. The molecule has 110 valence electrons. The predicted octanol–water partition coefficient (Wildman–Crippen LogP) is 1.22. The van der Waals surface area contributed by atoms with E-state index in [4.69, 9.17) is 0 Å². The molecule has 0 aliphatic carbocycles. The fourth-order valence-corrected chi connectivity index (χ4v) is 2.40. The number of halogens is 1. The van der Waals surface area contributed by atoms with Gasteiger partial charge in [0, 0.05) is 32.3 Å². The Kier molecular flexibility index (Phi) is 3.51. The minimum atomic E-state index is -0.443. The highest BCUT2D eigenvalue weighted by molar-refractivity contribution is 5.87. The number of anilines is 2. The maximum atomic E-state index is 12.8. The molecule has 1 aliphatic rings. The highest BCUT2D eigenvalue weighted by Gasteiger charge is 2.26. The third-order valence-electron chi connectivity index (χ3n) is 3.34. The normalized spacial score (nSPS) is 18.0. The average Bonchev–Trinajstić information content (AvgIpc) is 3.07. The second-order valence-electron chi connectivity index (χ2n) is 4.95. The van der Waals surface area contributed by atoms with Crippen molar-refractivity contribution in [1.29, 1.82) is 0 Å². The van der Waals surface area contributed by atoms with Gasteiger partial charge in [-0.25, -0.2) is 14.4 Å². The van der Waals surface area contributed by atoms with Crippen molar-refractivity contribution in [1.82, 2.24) is 19.7 Å². The van der Waals surface area contributed by atoms with Gasteiger partial charge in [-0.2, -0.15) is 5.10 Å². The molecule has 0 unspecified atom stereocenters. The van der Waals surface area contributed by atoms with Gasteiger partial charge in [0.15, 0.2) is 11.6 Å². The molecule has 1 aliphatic heterocycles. The fraction of sp³-hybridized carbons (Fsp3) is 0.385. The lowest BCUT2D eigenvalue weighted by atomic mass is 10.3. The number of aromatic nitrogens is 4. The summed E-state index contributed by atoms with van der Waals surface area (Å²) in [6.45, 7) is 2.93. The molecule has 1 saturated heterocycles. The van der Waals surface area contributed by atoms with E-state index in [0.717, 1.165) is 13.0 Å². The van der Waals surface area contributed by atoms with Gasteiger partial charge in [-0.1, -0.05) is 0 Å². The Labute approximate surface area is 120 Å². The van der Waals surface area contributed by atoms with Crippen LogP contribution in [0.4, 0.5) is 16.2 Å². The molecule has 8 heteroatoms. The summed E-state index contributed by atoms with van der Waals surface area (Å²) in [7, 11) is 0. The molecule has 21 heavy (non-hydrogen) atoms. The molecule has 3 heterocycles. The van der Waals surface area contributed by atoms with Crippen LogP contribution in [0.5, 0.6) is 0 Å². The van der Waals surface area contributed by atoms with E-state index in [9.17, 15) is 9.18 Å². The zero-order valence-electron chi connectivity index (χ0n) is 11.5. The minimum absolute atomic E-state index is 0.145. The highest BCUT2D eigenvalue weighted by atomic mass is 19.1. The van der Waals surface area contributed by atoms with Crippen molar-refractivity contribution in [3.05, 3.63) is 30.5 Å². The van der Waals surface area contributed by atoms with Gasteiger partial charge in [-0.15, -0.1) is 0 Å². The quantitative estimate of drug-likeness (QED) is 0.920. The van der Waals surface area contributed by atoms with Crippen LogP contribution in [0.15, 0.2) is 24.7 Å². The first-order valence-electron chi connectivity index (χ1n) is 6.67. The first-order chi connectivity index (χ1) is 10.1. The van der Waals surface area contributed by atoms with Gasteiger partial charge in [0.1, 0.15) is 0 Å². The van der Waals surface area contributed by atoms with Crippen molar-refractivity contribution in [3.8, 4) is 0 Å². The molecular formula is C13H15FN6O. The first kappa shape index (κ1) is 13.5. The summed E-state index contributed by atoms with van der Waals surface area (Å²) in [6, 6.07) is 1.94. The van der Waals surface area contributed by atoms with E-state index in [1.165, 1.54) is 19.3 Å². The van der Waals surface area contributed by atoms with Crippen molar-refractivity contribution in [2.45, 2.75) is 19.4 Å². The molecule has 1 fully saturated rings. The molecule has 7 nitrogen and oxygen atoms in total. The molecule has 0 saturated carbocycles. The lowest BCUT2D eigenvalue weighted by molar-refractivity contribution is -0.114. The Morgan fingerprint density at radius 1 is 1.43 bits per heavy atom. The molecule has 1 amide bonds. The van der Waals surface area contributed by atoms with E-state index in [1.807, 2.05) is 15.8 Å². The second kappa shape index (κ2) is 5.47. The molecule has 0 radical (unpaired) electrons. The number of rotatable bonds is 3. The van der Waals surface area contributed by atoms with E-state index < -0.39 is 5.82 Å². The van der Waals surface area contributed by atoms with Gasteiger partial charge in [0.2, 0.25) is 11.9 Å². The van der Waals surface area contributed by atoms with E-state index in [-0.39, 0.29) is 11.9 Å². The van der Waals surface area contributed by atoms with Crippen molar-refractivity contribution in [2.24, 2.45) is 0 Å². The molecule has 1 atom stereocenters. The lowest BCUT2D eigenvalue weighted by Crippen LogP contribution is -2.23. The molecule has 2 aromatic heterocycles. The predicted molar refractivity (Wildman–Crippen MR) is 74.4 cm³/mol. The summed E-state index contributed by atoms with van der Waals surface area (Å²) in [5.41, 5.74) is 0. The Morgan fingerprint density at radius 2 is 2.19 bits per heavy atom. The topological polar surface area (TPSA) is 75.9 Å². The number of carbonyl (C=O) groups excluding carboxylic acids is 1. The monoisotopic (exact) mass is 290 g/mol. The SMILES string of the molecule is CC(=O)Nc1ccn([C@@H]2CCN(c3ncc(F)cn3)C2)n1. The highest BCUT2D eigenvalue weighted by Crippen LogP contribution is 2.24. The van der Waals surface area contributed by atoms with Gasteiger partial charge < -0.3 is 10.2 Å². The van der Waals surface area contributed by atoms with Crippen LogP contribution in [0.3, 0.4) is 0 Å². The van der Waals surface area contributed by atoms with Gasteiger partial charge in [-0.3, -0.25) is 9.48 Å². The summed E-state index contributed by atoms with van der Waals surface area (Å²) in [5, 5.41) is 6.98. The van der Waals surface area contributed by atoms with Gasteiger partial charge in [0.25, 0.3) is 0 Å². The van der Waals surface area contributed by atoms with Crippen LogP contribution >= 0.6 is 0 Å². The largest absolute Gasteiger partial charge is 0.339 e. The maximum absolute atomic E-state index is 12.8. The smallest absolute Gasteiger partial charge is 0.225 e. The van der Waals surface area contributed by atoms with Gasteiger partial charge >= 0.3 is 0 Å². The number of nitrogens with one attached hydrogen (secondary N) is 1. The fourth-order valence-electron chi connectivity index (χ4n) is 2.40. The van der Waals surface area contributed by atoms with E-state index in [0.29, 0.717) is 18.3 Å². The van der Waals surface area contributed by atoms with Gasteiger partial charge in [0.05, 0.1) is 18.4 Å². The van der Waals surface area contributed by atoms with Gasteiger partial charge in [-0.05, 0) is 6.42 Å². The van der Waals surface area contributed by atoms with Crippen LogP contribution in [0.2, 0.25) is 0 Å². The van der Waals surface area contributed by atoms with Crippen LogP contribution in [-0.2, 0) is 4.79 Å². The van der Waals surface area contributed by atoms with E-state index in [1.54, 1.807) is 6.07 Å². The molecule has 0 aromatic carbocycles. The van der Waals surface area contributed by atoms with Crippen molar-refractivity contribution >= 4 is 17.7 Å². The Hall–Kier alpha value is -2.51. The second-order valence-corrected chi connectivity index (χ2v) is 4.95. The standard InChI is InChI=1S/C13H15FN6O/c1-9(21)17-12-3-5-20(18-12)11-2-4-19(8-11)13-15-6-10(14)7-16-13/h3,5-7,11H,2,4,8H2,1H3,(H,17,18,21)/t11-/m1/s1. The van der Waals surface area contributed by atoms with Crippen molar-refractivity contribution in [2.75, 3.05) is 23.3 Å². The molecular weight excluding hydrogens is 275 g/mol. The maximum Gasteiger partial charge on any atom is 0.225 e. The number of hydrogen-bond acceptors (Lipinski definition) is 5. The van der Waals surface area contributed by atoms with Crippen molar-refractivity contribution in [3.63, 3.8) is 0 Å². The lowest BCUT2D eigenvalue weighted by Gasteiger charge is -2.16. The minimum Gasteiger partial charge on any atom is -0.339 e. The summed E-state index contributed by atoms with van der Waals surface area (Å²) in [5.74, 6) is 0.474. The molecule has 2 aromatic rings. The van der Waals surface area contributed by atoms with E-state index >= 15 is 0 Å². The number of hydrogen-bond donors (Lipinski definition) is 1. The van der Waals surface area contributed by atoms with Crippen LogP contribution in [0, 0.1) is 5.82 Å². The molecule has 0 spiro atoms. The number of amides is 1. The van der Waals surface area contributed by atoms with Crippen LogP contribution < -0.4 is 10.2 Å². The molecule has 3 rings (SSSR count).